The van der Waals surface area contributed by atoms with Crippen molar-refractivity contribution >= 4 is 9.84 Å². The lowest BCUT2D eigenvalue weighted by atomic mass is 10.3. The first kappa shape index (κ1) is 14.0. The average Bonchev–Trinajstić information content (AvgIpc) is 2.21. The van der Waals surface area contributed by atoms with Gasteiger partial charge in [-0.05, 0) is 24.6 Å². The van der Waals surface area contributed by atoms with Crippen molar-refractivity contribution in [3.05, 3.63) is 29.8 Å². The minimum Gasteiger partial charge on any atom is -0.396 e. The summed E-state index contributed by atoms with van der Waals surface area (Å²) in [6.45, 7) is -0.262. The van der Waals surface area contributed by atoms with Gasteiger partial charge in [-0.3, -0.25) is 0 Å². The van der Waals surface area contributed by atoms with Crippen LogP contribution in [0.3, 0.4) is 0 Å². The summed E-state index contributed by atoms with van der Waals surface area (Å²) in [5, 5.41) is 8.59. The molecule has 0 aromatic heterocycles. The molecule has 0 amide bonds. The molecule has 0 saturated carbocycles. The lowest BCUT2D eigenvalue weighted by Gasteiger charge is -2.11. The van der Waals surface area contributed by atoms with Gasteiger partial charge in [0.1, 0.15) is 16.5 Å². The Morgan fingerprint density at radius 1 is 1.35 bits per heavy atom. The first-order valence-electron chi connectivity index (χ1n) is 4.91. The van der Waals surface area contributed by atoms with Crippen LogP contribution in [-0.2, 0) is 9.84 Å². The van der Waals surface area contributed by atoms with Crippen LogP contribution >= 0.6 is 0 Å². The first-order valence-corrected chi connectivity index (χ1v) is 6.56. The van der Waals surface area contributed by atoms with E-state index in [0.29, 0.717) is 6.07 Å². The molecule has 0 saturated heterocycles. The zero-order chi connectivity index (χ0) is 13.1. The molecule has 1 atom stereocenters. The van der Waals surface area contributed by atoms with Crippen LogP contribution in [0.15, 0.2) is 23.1 Å². The fourth-order valence-corrected chi connectivity index (χ4v) is 2.90. The van der Waals surface area contributed by atoms with Crippen molar-refractivity contribution in [2.24, 2.45) is 5.73 Å². The summed E-state index contributed by atoms with van der Waals surface area (Å²) in [6.07, 6.45) is 0.0795. The van der Waals surface area contributed by atoms with E-state index in [1.54, 1.807) is 0 Å². The largest absolute Gasteiger partial charge is 0.396 e. The molecule has 0 heterocycles. The topological polar surface area (TPSA) is 80.4 Å². The molecule has 0 aliphatic rings. The van der Waals surface area contributed by atoms with Gasteiger partial charge in [0.2, 0.25) is 0 Å². The minimum atomic E-state index is -3.99. The van der Waals surface area contributed by atoms with Gasteiger partial charge >= 0.3 is 0 Å². The number of aliphatic hydroxyl groups is 1. The molecule has 3 N–H and O–H groups in total. The summed E-state index contributed by atoms with van der Waals surface area (Å²) in [4.78, 5) is -0.703. The highest BCUT2D eigenvalue weighted by Gasteiger charge is 2.22. The third kappa shape index (κ3) is 3.72. The van der Waals surface area contributed by atoms with Gasteiger partial charge in [0.25, 0.3) is 0 Å². The Hall–Kier alpha value is -1.05. The van der Waals surface area contributed by atoms with Gasteiger partial charge in [0.15, 0.2) is 9.84 Å². The molecule has 0 bridgehead atoms. The monoisotopic (exact) mass is 265 g/mol. The molecule has 7 heteroatoms. The normalized spacial score (nSPS) is 13.6. The lowest BCUT2D eigenvalue weighted by molar-refractivity contribution is 0.279. The SMILES string of the molecule is NC(CCO)CS(=O)(=O)c1cc(F)ccc1F. The van der Waals surface area contributed by atoms with Gasteiger partial charge in [0, 0.05) is 12.6 Å². The first-order chi connectivity index (χ1) is 7.86. The van der Waals surface area contributed by atoms with Crippen molar-refractivity contribution in [3.63, 3.8) is 0 Å². The van der Waals surface area contributed by atoms with Crippen molar-refractivity contribution in [1.29, 1.82) is 0 Å². The fraction of sp³-hybridized carbons (Fsp3) is 0.400. The standard InChI is InChI=1S/C10H13F2NO3S/c11-7-1-2-9(12)10(5-7)17(15,16)6-8(13)3-4-14/h1-2,5,8,14H,3-4,6,13H2. The smallest absolute Gasteiger partial charge is 0.182 e. The van der Waals surface area contributed by atoms with E-state index in [4.69, 9.17) is 10.8 Å². The Labute approximate surface area is 98.0 Å². The van der Waals surface area contributed by atoms with Crippen LogP contribution in [0.5, 0.6) is 0 Å². The Morgan fingerprint density at radius 3 is 2.59 bits per heavy atom. The van der Waals surface area contributed by atoms with E-state index in [1.165, 1.54) is 0 Å². The molecule has 0 aliphatic heterocycles. The van der Waals surface area contributed by atoms with E-state index in [9.17, 15) is 17.2 Å². The van der Waals surface area contributed by atoms with Crippen LogP contribution in [0, 0.1) is 11.6 Å². The minimum absolute atomic E-state index is 0.0795. The van der Waals surface area contributed by atoms with Crippen LogP contribution in [0.1, 0.15) is 6.42 Å². The molecule has 1 aromatic rings. The number of benzene rings is 1. The quantitative estimate of drug-likeness (QED) is 0.810. The molecule has 1 unspecified atom stereocenters. The van der Waals surface area contributed by atoms with E-state index >= 15 is 0 Å². The van der Waals surface area contributed by atoms with Crippen molar-refractivity contribution in [1.82, 2.24) is 0 Å². The summed E-state index contributed by atoms with van der Waals surface area (Å²) in [7, 11) is -3.99. The van der Waals surface area contributed by atoms with Crippen molar-refractivity contribution in [2.45, 2.75) is 17.4 Å². The van der Waals surface area contributed by atoms with Crippen LogP contribution in [0.4, 0.5) is 8.78 Å². The van der Waals surface area contributed by atoms with Gasteiger partial charge < -0.3 is 10.8 Å². The van der Waals surface area contributed by atoms with Crippen LogP contribution < -0.4 is 5.73 Å². The molecular weight excluding hydrogens is 252 g/mol. The number of nitrogens with two attached hydrogens (primary N) is 1. The number of aliphatic hydroxyl groups excluding tert-OH is 1. The van der Waals surface area contributed by atoms with Crippen LogP contribution in [0.25, 0.3) is 0 Å². The molecule has 0 aliphatic carbocycles. The molecule has 0 radical (unpaired) electrons. The van der Waals surface area contributed by atoms with E-state index in [2.05, 4.69) is 0 Å². The van der Waals surface area contributed by atoms with Gasteiger partial charge in [-0.2, -0.15) is 0 Å². The molecule has 4 nitrogen and oxygen atoms in total. The number of rotatable bonds is 5. The second-order valence-corrected chi connectivity index (χ2v) is 5.63. The number of sulfone groups is 1. The van der Waals surface area contributed by atoms with E-state index < -0.39 is 38.2 Å². The van der Waals surface area contributed by atoms with E-state index in [1.807, 2.05) is 0 Å². The van der Waals surface area contributed by atoms with Crippen LogP contribution in [0.2, 0.25) is 0 Å². The number of halogens is 2. The Morgan fingerprint density at radius 2 is 2.00 bits per heavy atom. The van der Waals surface area contributed by atoms with Crippen LogP contribution in [-0.4, -0.2) is 31.9 Å². The van der Waals surface area contributed by atoms with Gasteiger partial charge in [-0.1, -0.05) is 0 Å². The summed E-state index contributed by atoms with van der Waals surface area (Å²) >= 11 is 0. The fourth-order valence-electron chi connectivity index (χ4n) is 1.34. The molecule has 96 valence electrons. The zero-order valence-corrected chi connectivity index (χ0v) is 9.75. The summed E-state index contributed by atoms with van der Waals surface area (Å²) in [5.74, 6) is -2.38. The second-order valence-electron chi connectivity index (χ2n) is 3.63. The third-order valence-electron chi connectivity index (χ3n) is 2.16. The number of hydrogen-bond acceptors (Lipinski definition) is 4. The van der Waals surface area contributed by atoms with Crippen molar-refractivity contribution in [3.8, 4) is 0 Å². The molecule has 0 spiro atoms. The molecular formula is C10H13F2NO3S. The van der Waals surface area contributed by atoms with Crippen molar-refractivity contribution < 1.29 is 22.3 Å². The zero-order valence-electron chi connectivity index (χ0n) is 8.94. The predicted octanol–water partition coefficient (Wildman–Crippen LogP) is 0.448. The maximum Gasteiger partial charge on any atom is 0.182 e. The summed E-state index contributed by atoms with van der Waals surface area (Å²) in [6, 6.07) is 1.39. The predicted molar refractivity (Wildman–Crippen MR) is 58.1 cm³/mol. The Kier molecular flexibility index (Phi) is 4.55. The second kappa shape index (κ2) is 5.52. The average molecular weight is 265 g/mol. The summed E-state index contributed by atoms with van der Waals surface area (Å²) in [5.41, 5.74) is 5.44. The van der Waals surface area contributed by atoms with Gasteiger partial charge in [-0.15, -0.1) is 0 Å². The van der Waals surface area contributed by atoms with E-state index in [-0.39, 0.29) is 13.0 Å². The Balaban J connectivity index is 3.01. The lowest BCUT2D eigenvalue weighted by Crippen LogP contribution is -2.31. The highest BCUT2D eigenvalue weighted by Crippen LogP contribution is 2.18. The maximum atomic E-state index is 13.3. The summed E-state index contributed by atoms with van der Waals surface area (Å²) < 4.78 is 49.6. The third-order valence-corrected chi connectivity index (χ3v) is 4.01. The molecule has 1 rings (SSSR count). The number of hydrogen-bond donors (Lipinski definition) is 2. The van der Waals surface area contributed by atoms with E-state index in [0.717, 1.165) is 12.1 Å². The Bertz CT molecular complexity index is 490. The van der Waals surface area contributed by atoms with Crippen molar-refractivity contribution in [2.75, 3.05) is 12.4 Å². The molecule has 0 fully saturated rings. The molecule has 1 aromatic carbocycles. The highest BCUT2D eigenvalue weighted by atomic mass is 32.2. The van der Waals surface area contributed by atoms with Gasteiger partial charge in [0.05, 0.1) is 5.75 Å². The molecule has 17 heavy (non-hydrogen) atoms. The van der Waals surface area contributed by atoms with Gasteiger partial charge in [-0.25, -0.2) is 17.2 Å². The maximum absolute atomic E-state index is 13.3. The highest BCUT2D eigenvalue weighted by molar-refractivity contribution is 7.91.